The molecule has 4 rings (SSSR count). The SMILES string of the molecule is NCc1ccc(C(Oc2cc(-c3ccc(CC(N)C(=O)O)cc3)ncn2)C(F)(F)F)c(OC2CCCCC2)c1. The second kappa shape index (κ2) is 12.4. The number of aliphatic carboxylic acids is 1. The molecule has 1 aromatic heterocycles. The van der Waals surface area contributed by atoms with Crippen molar-refractivity contribution in [2.24, 2.45) is 11.5 Å². The molecule has 1 fully saturated rings. The Morgan fingerprint density at radius 2 is 1.72 bits per heavy atom. The van der Waals surface area contributed by atoms with E-state index in [1.165, 1.54) is 18.2 Å². The summed E-state index contributed by atoms with van der Waals surface area (Å²) < 4.78 is 54.6. The molecular formula is C28H31F3N4O4. The Kier molecular flexibility index (Phi) is 9.03. The number of hydrogen-bond donors (Lipinski definition) is 3. The van der Waals surface area contributed by atoms with Crippen LogP contribution in [0.25, 0.3) is 11.3 Å². The summed E-state index contributed by atoms with van der Waals surface area (Å²) in [5.41, 5.74) is 13.5. The molecule has 0 aliphatic heterocycles. The molecule has 1 aliphatic carbocycles. The number of hydrogen-bond acceptors (Lipinski definition) is 7. The number of aromatic nitrogens is 2. The number of benzene rings is 2. The fourth-order valence-electron chi connectivity index (χ4n) is 4.53. The maximum Gasteiger partial charge on any atom is 0.429 e. The van der Waals surface area contributed by atoms with E-state index in [0.717, 1.165) is 38.4 Å². The van der Waals surface area contributed by atoms with Crippen molar-refractivity contribution in [2.45, 2.75) is 69.5 Å². The molecule has 1 heterocycles. The van der Waals surface area contributed by atoms with E-state index < -0.39 is 24.3 Å². The zero-order valence-corrected chi connectivity index (χ0v) is 21.2. The van der Waals surface area contributed by atoms with Crippen LogP contribution >= 0.6 is 0 Å². The molecule has 2 unspecified atom stereocenters. The highest BCUT2D eigenvalue weighted by atomic mass is 19.4. The summed E-state index contributed by atoms with van der Waals surface area (Å²) >= 11 is 0. The molecule has 1 saturated carbocycles. The van der Waals surface area contributed by atoms with Crippen molar-refractivity contribution in [3.8, 4) is 22.9 Å². The van der Waals surface area contributed by atoms with Crippen molar-refractivity contribution < 1.29 is 32.5 Å². The average molecular weight is 545 g/mol. The summed E-state index contributed by atoms with van der Waals surface area (Å²) in [4.78, 5) is 19.1. The highest BCUT2D eigenvalue weighted by Gasteiger charge is 2.45. The molecule has 5 N–H and O–H groups in total. The van der Waals surface area contributed by atoms with Crippen LogP contribution in [0.5, 0.6) is 11.6 Å². The van der Waals surface area contributed by atoms with Crippen molar-refractivity contribution in [2.75, 3.05) is 0 Å². The molecule has 0 bridgehead atoms. The van der Waals surface area contributed by atoms with E-state index in [2.05, 4.69) is 9.97 Å². The van der Waals surface area contributed by atoms with Crippen LogP contribution in [0.15, 0.2) is 54.9 Å². The first kappa shape index (κ1) is 28.3. The fourth-order valence-corrected chi connectivity index (χ4v) is 4.53. The number of carbonyl (C=O) groups is 1. The molecule has 3 aromatic rings. The number of nitrogens with zero attached hydrogens (tertiary/aromatic N) is 2. The lowest BCUT2D eigenvalue weighted by Gasteiger charge is -2.28. The van der Waals surface area contributed by atoms with E-state index in [1.807, 2.05) is 0 Å². The first-order valence-electron chi connectivity index (χ1n) is 12.8. The van der Waals surface area contributed by atoms with Gasteiger partial charge in [-0.15, -0.1) is 0 Å². The van der Waals surface area contributed by atoms with E-state index in [4.69, 9.17) is 26.0 Å². The quantitative estimate of drug-likeness (QED) is 0.327. The van der Waals surface area contributed by atoms with Crippen molar-refractivity contribution in [1.29, 1.82) is 0 Å². The summed E-state index contributed by atoms with van der Waals surface area (Å²) in [6.07, 6.45) is -1.43. The second-order valence-electron chi connectivity index (χ2n) is 9.58. The standard InChI is InChI=1S/C28H31F3N4O4/c29-28(30,31)26(21-11-8-18(15-32)13-24(21)38-20-4-2-1-3-5-20)39-25-14-23(34-16-35-25)19-9-6-17(7-10-19)12-22(33)27(36)37/h6-11,13-14,16,20,22,26H,1-5,12,15,32-33H2,(H,36,37). The zero-order chi connectivity index (χ0) is 28.0. The molecule has 1 aliphatic rings. The van der Waals surface area contributed by atoms with Gasteiger partial charge in [0.05, 0.1) is 11.8 Å². The Labute approximate surface area is 224 Å². The Morgan fingerprint density at radius 3 is 2.36 bits per heavy atom. The topological polar surface area (TPSA) is 134 Å². The number of ether oxygens (including phenoxy) is 2. The van der Waals surface area contributed by atoms with Gasteiger partial charge in [-0.05, 0) is 49.3 Å². The summed E-state index contributed by atoms with van der Waals surface area (Å²) in [7, 11) is 0. The molecule has 0 spiro atoms. The van der Waals surface area contributed by atoms with Crippen LogP contribution < -0.4 is 20.9 Å². The second-order valence-corrected chi connectivity index (χ2v) is 9.58. The van der Waals surface area contributed by atoms with E-state index >= 15 is 0 Å². The van der Waals surface area contributed by atoms with Crippen molar-refractivity contribution in [3.05, 3.63) is 71.5 Å². The molecule has 39 heavy (non-hydrogen) atoms. The van der Waals surface area contributed by atoms with Crippen LogP contribution in [-0.2, 0) is 17.8 Å². The van der Waals surface area contributed by atoms with Gasteiger partial charge in [0.2, 0.25) is 12.0 Å². The van der Waals surface area contributed by atoms with Gasteiger partial charge in [0.15, 0.2) is 0 Å². The maximum atomic E-state index is 14.4. The van der Waals surface area contributed by atoms with E-state index in [-0.39, 0.29) is 36.3 Å². The predicted octanol–water partition coefficient (Wildman–Crippen LogP) is 4.95. The zero-order valence-electron chi connectivity index (χ0n) is 21.2. The minimum Gasteiger partial charge on any atom is -0.490 e. The van der Waals surface area contributed by atoms with Gasteiger partial charge in [-0.25, -0.2) is 9.97 Å². The lowest BCUT2D eigenvalue weighted by atomic mass is 9.97. The normalized spacial score (nSPS) is 15.9. The number of alkyl halides is 3. The molecule has 11 heteroatoms. The molecule has 208 valence electrons. The van der Waals surface area contributed by atoms with Gasteiger partial charge in [-0.1, -0.05) is 42.8 Å². The van der Waals surface area contributed by atoms with Gasteiger partial charge in [-0.2, -0.15) is 13.2 Å². The van der Waals surface area contributed by atoms with Gasteiger partial charge in [0.1, 0.15) is 18.1 Å². The van der Waals surface area contributed by atoms with Gasteiger partial charge in [0, 0.05) is 23.7 Å². The summed E-state index contributed by atoms with van der Waals surface area (Å²) in [6.45, 7) is 0.162. The van der Waals surface area contributed by atoms with Gasteiger partial charge in [0.25, 0.3) is 0 Å². The van der Waals surface area contributed by atoms with Crippen LogP contribution in [0.2, 0.25) is 0 Å². The van der Waals surface area contributed by atoms with Crippen molar-refractivity contribution in [3.63, 3.8) is 0 Å². The third-order valence-corrected chi connectivity index (χ3v) is 6.64. The number of carboxylic acid groups (broad SMARTS) is 1. The average Bonchev–Trinajstić information content (AvgIpc) is 2.92. The first-order valence-corrected chi connectivity index (χ1v) is 12.8. The lowest BCUT2D eigenvalue weighted by molar-refractivity contribution is -0.199. The smallest absolute Gasteiger partial charge is 0.429 e. The minimum atomic E-state index is -4.76. The summed E-state index contributed by atoms with van der Waals surface area (Å²) in [5, 5.41) is 8.99. The Hall–Kier alpha value is -3.70. The van der Waals surface area contributed by atoms with Crippen LogP contribution in [0.4, 0.5) is 13.2 Å². The Balaban J connectivity index is 1.60. The lowest BCUT2D eigenvalue weighted by Crippen LogP contribution is -2.32. The number of rotatable bonds is 10. The maximum absolute atomic E-state index is 14.4. The van der Waals surface area contributed by atoms with Crippen LogP contribution in [0.1, 0.15) is 54.9 Å². The summed E-state index contributed by atoms with van der Waals surface area (Å²) in [6, 6.07) is 11.5. The van der Waals surface area contributed by atoms with Crippen LogP contribution in [-0.4, -0.2) is 39.4 Å². The number of carboxylic acids is 1. The predicted molar refractivity (Wildman–Crippen MR) is 138 cm³/mol. The minimum absolute atomic E-state index is 0.108. The van der Waals surface area contributed by atoms with Crippen molar-refractivity contribution >= 4 is 5.97 Å². The van der Waals surface area contributed by atoms with Crippen LogP contribution in [0, 0.1) is 0 Å². The Morgan fingerprint density at radius 1 is 1.03 bits per heavy atom. The van der Waals surface area contributed by atoms with E-state index in [0.29, 0.717) is 22.4 Å². The number of halogens is 3. The molecule has 0 amide bonds. The molecule has 0 saturated heterocycles. The van der Waals surface area contributed by atoms with E-state index in [9.17, 15) is 18.0 Å². The van der Waals surface area contributed by atoms with E-state index in [1.54, 1.807) is 30.3 Å². The Bertz CT molecular complexity index is 1260. The third-order valence-electron chi connectivity index (χ3n) is 6.64. The first-order chi connectivity index (χ1) is 18.6. The molecular weight excluding hydrogens is 513 g/mol. The third kappa shape index (κ3) is 7.45. The van der Waals surface area contributed by atoms with Crippen molar-refractivity contribution in [1.82, 2.24) is 9.97 Å². The highest BCUT2D eigenvalue weighted by Crippen LogP contribution is 2.42. The number of nitrogens with two attached hydrogens (primary N) is 2. The molecule has 2 atom stereocenters. The van der Waals surface area contributed by atoms with Gasteiger partial charge < -0.3 is 26.0 Å². The van der Waals surface area contributed by atoms with Gasteiger partial charge >= 0.3 is 12.1 Å². The molecule has 0 radical (unpaired) electrons. The highest BCUT2D eigenvalue weighted by molar-refractivity contribution is 5.73. The van der Waals surface area contributed by atoms with Gasteiger partial charge in [-0.3, -0.25) is 4.79 Å². The summed E-state index contributed by atoms with van der Waals surface area (Å²) in [5.74, 6) is -1.26. The molecule has 8 nitrogen and oxygen atoms in total. The largest absolute Gasteiger partial charge is 0.490 e. The molecule has 2 aromatic carbocycles. The monoisotopic (exact) mass is 544 g/mol. The fraction of sp³-hybridized carbons (Fsp3) is 0.393. The van der Waals surface area contributed by atoms with Crippen LogP contribution in [0.3, 0.4) is 0 Å².